The standard InChI is InChI=1S/C11H7BrF5NO3S/c12-7-3-8(13)9(2-6(7)11(14,15)16)18-4-5(1-10(18)19)22(17,20)21/h2-3,5H,1,4H2. The van der Waals surface area contributed by atoms with Crippen LogP contribution in [0.5, 0.6) is 0 Å². The number of alkyl halides is 3. The third-order valence-electron chi connectivity index (χ3n) is 3.12. The second kappa shape index (κ2) is 5.44. The third kappa shape index (κ3) is 3.24. The van der Waals surface area contributed by atoms with Crippen LogP contribution in [0.1, 0.15) is 12.0 Å². The van der Waals surface area contributed by atoms with Crippen molar-refractivity contribution >= 4 is 37.7 Å². The summed E-state index contributed by atoms with van der Waals surface area (Å²) in [5, 5.41) is -1.72. The van der Waals surface area contributed by atoms with Crippen LogP contribution in [-0.4, -0.2) is 26.1 Å². The maximum absolute atomic E-state index is 13.8. The van der Waals surface area contributed by atoms with E-state index in [1.165, 1.54) is 0 Å². The normalized spacial score (nSPS) is 19.8. The number of benzene rings is 1. The molecule has 1 atom stereocenters. The number of halogens is 6. The summed E-state index contributed by atoms with van der Waals surface area (Å²) in [4.78, 5) is 12.2. The Kier molecular flexibility index (Phi) is 4.24. The van der Waals surface area contributed by atoms with Gasteiger partial charge in [-0.3, -0.25) is 4.79 Å². The molecule has 22 heavy (non-hydrogen) atoms. The largest absolute Gasteiger partial charge is 0.417 e. The van der Waals surface area contributed by atoms with Gasteiger partial charge in [-0.1, -0.05) is 15.9 Å². The van der Waals surface area contributed by atoms with Crippen molar-refractivity contribution in [1.29, 1.82) is 0 Å². The molecule has 1 saturated heterocycles. The Morgan fingerprint density at radius 3 is 2.32 bits per heavy atom. The molecule has 122 valence electrons. The fourth-order valence-electron chi connectivity index (χ4n) is 2.06. The minimum absolute atomic E-state index is 0.380. The fraction of sp³-hybridized carbons (Fsp3) is 0.364. The summed E-state index contributed by atoms with van der Waals surface area (Å²) >= 11 is 2.57. The summed E-state index contributed by atoms with van der Waals surface area (Å²) < 4.78 is 86.2. The second-order valence-corrected chi connectivity index (χ2v) is 7.06. The van der Waals surface area contributed by atoms with Gasteiger partial charge in [0.1, 0.15) is 11.1 Å². The first-order chi connectivity index (χ1) is 9.91. The van der Waals surface area contributed by atoms with E-state index in [0.29, 0.717) is 17.0 Å². The Bertz CT molecular complexity index is 734. The van der Waals surface area contributed by atoms with E-state index in [1.807, 2.05) is 0 Å². The van der Waals surface area contributed by atoms with Crippen LogP contribution in [0, 0.1) is 5.82 Å². The first-order valence-electron chi connectivity index (χ1n) is 5.71. The summed E-state index contributed by atoms with van der Waals surface area (Å²) in [6.07, 6.45) is -5.56. The van der Waals surface area contributed by atoms with E-state index in [2.05, 4.69) is 15.9 Å². The molecule has 4 nitrogen and oxygen atoms in total. The van der Waals surface area contributed by atoms with Crippen molar-refractivity contribution in [2.45, 2.75) is 17.8 Å². The molecule has 0 N–H and O–H groups in total. The lowest BCUT2D eigenvalue weighted by Crippen LogP contribution is -2.28. The number of amides is 1. The van der Waals surface area contributed by atoms with Crippen LogP contribution in [0.4, 0.5) is 27.1 Å². The lowest BCUT2D eigenvalue weighted by Gasteiger charge is -2.19. The molecule has 1 aliphatic heterocycles. The van der Waals surface area contributed by atoms with Crippen LogP contribution in [0.25, 0.3) is 0 Å². The monoisotopic (exact) mass is 407 g/mol. The summed E-state index contributed by atoms with van der Waals surface area (Å²) in [6, 6.07) is 0.896. The predicted octanol–water partition coefficient (Wildman–Crippen LogP) is 3.01. The number of carbonyl (C=O) groups excluding carboxylic acids is 1. The van der Waals surface area contributed by atoms with E-state index in [4.69, 9.17) is 0 Å². The van der Waals surface area contributed by atoms with Gasteiger partial charge in [0.05, 0.1) is 11.3 Å². The van der Waals surface area contributed by atoms with Gasteiger partial charge in [-0.25, -0.2) is 4.39 Å². The van der Waals surface area contributed by atoms with Crippen molar-refractivity contribution in [3.8, 4) is 0 Å². The van der Waals surface area contributed by atoms with Crippen LogP contribution in [0.2, 0.25) is 0 Å². The van der Waals surface area contributed by atoms with Gasteiger partial charge >= 0.3 is 16.4 Å². The minimum atomic E-state index is -5.05. The molecule has 1 unspecified atom stereocenters. The average molecular weight is 408 g/mol. The first-order valence-corrected chi connectivity index (χ1v) is 7.95. The third-order valence-corrected chi connectivity index (χ3v) is 4.89. The molecular weight excluding hydrogens is 401 g/mol. The minimum Gasteiger partial charge on any atom is -0.308 e. The highest BCUT2D eigenvalue weighted by molar-refractivity contribution is 9.10. The topological polar surface area (TPSA) is 54.5 Å². The summed E-state index contributed by atoms with van der Waals surface area (Å²) in [6.45, 7) is -0.743. The lowest BCUT2D eigenvalue weighted by molar-refractivity contribution is -0.138. The number of rotatable bonds is 2. The molecule has 1 aromatic rings. The first kappa shape index (κ1) is 17.1. The van der Waals surface area contributed by atoms with Gasteiger partial charge in [-0.2, -0.15) is 21.6 Å². The summed E-state index contributed by atoms with van der Waals surface area (Å²) in [5.41, 5.74) is -1.98. The number of nitrogens with zero attached hydrogens (tertiary/aromatic N) is 1. The van der Waals surface area contributed by atoms with E-state index in [-0.39, 0.29) is 0 Å². The van der Waals surface area contributed by atoms with Crippen molar-refractivity contribution in [1.82, 2.24) is 0 Å². The molecule has 1 amide bonds. The van der Waals surface area contributed by atoms with Gasteiger partial charge in [0.25, 0.3) is 0 Å². The number of hydrogen-bond donors (Lipinski definition) is 0. The van der Waals surface area contributed by atoms with E-state index >= 15 is 0 Å². The highest BCUT2D eigenvalue weighted by atomic mass is 79.9. The molecule has 1 aromatic carbocycles. The Hall–Kier alpha value is -1.23. The quantitative estimate of drug-likeness (QED) is 0.559. The molecule has 1 fully saturated rings. The van der Waals surface area contributed by atoms with Crippen LogP contribution < -0.4 is 4.90 Å². The zero-order valence-electron chi connectivity index (χ0n) is 10.5. The van der Waals surface area contributed by atoms with Crippen molar-refractivity contribution in [2.24, 2.45) is 0 Å². The number of anilines is 1. The molecule has 1 heterocycles. The van der Waals surface area contributed by atoms with Crippen molar-refractivity contribution in [3.63, 3.8) is 0 Å². The molecule has 1 aliphatic rings. The molecule has 0 radical (unpaired) electrons. The molecule has 0 spiro atoms. The fourth-order valence-corrected chi connectivity index (χ4v) is 3.27. The molecule has 0 bridgehead atoms. The van der Waals surface area contributed by atoms with Crippen molar-refractivity contribution < 1.29 is 34.7 Å². The zero-order chi connectivity index (χ0) is 16.9. The maximum Gasteiger partial charge on any atom is 0.417 e. The lowest BCUT2D eigenvalue weighted by atomic mass is 10.1. The van der Waals surface area contributed by atoms with E-state index < -0.39 is 62.1 Å². The molecule has 0 saturated carbocycles. The summed E-state index contributed by atoms with van der Waals surface area (Å²) in [5.74, 6) is -2.13. The van der Waals surface area contributed by atoms with Crippen molar-refractivity contribution in [2.75, 3.05) is 11.4 Å². The molecule has 11 heteroatoms. The van der Waals surface area contributed by atoms with E-state index in [0.717, 1.165) is 0 Å². The second-order valence-electron chi connectivity index (χ2n) is 4.59. The average Bonchev–Trinajstić information content (AvgIpc) is 2.69. The smallest absolute Gasteiger partial charge is 0.308 e. The molecular formula is C11H7BrF5NO3S. The van der Waals surface area contributed by atoms with Crippen LogP contribution in [-0.2, 0) is 21.2 Å². The summed E-state index contributed by atoms with van der Waals surface area (Å²) in [7, 11) is -5.05. The maximum atomic E-state index is 13.8. The highest BCUT2D eigenvalue weighted by Crippen LogP contribution is 2.39. The zero-order valence-corrected chi connectivity index (χ0v) is 12.9. The van der Waals surface area contributed by atoms with Crippen LogP contribution in [0.3, 0.4) is 0 Å². The van der Waals surface area contributed by atoms with Crippen molar-refractivity contribution in [3.05, 3.63) is 28.0 Å². The number of carbonyl (C=O) groups is 1. The van der Waals surface area contributed by atoms with E-state index in [1.54, 1.807) is 0 Å². The predicted molar refractivity (Wildman–Crippen MR) is 69.9 cm³/mol. The van der Waals surface area contributed by atoms with Crippen LogP contribution in [0.15, 0.2) is 16.6 Å². The van der Waals surface area contributed by atoms with Crippen LogP contribution >= 0.6 is 15.9 Å². The Balaban J connectivity index is 2.48. The SMILES string of the molecule is O=C1CC(S(=O)(=O)F)CN1c1cc(C(F)(F)F)c(Br)cc1F. The molecule has 0 aliphatic carbocycles. The van der Waals surface area contributed by atoms with Gasteiger partial charge in [0.2, 0.25) is 5.91 Å². The Labute approximate surface area is 130 Å². The van der Waals surface area contributed by atoms with E-state index in [9.17, 15) is 34.7 Å². The van der Waals surface area contributed by atoms with Gasteiger partial charge in [0.15, 0.2) is 0 Å². The highest BCUT2D eigenvalue weighted by Gasteiger charge is 2.41. The van der Waals surface area contributed by atoms with Gasteiger partial charge < -0.3 is 4.90 Å². The van der Waals surface area contributed by atoms with Gasteiger partial charge in [-0.05, 0) is 12.1 Å². The van der Waals surface area contributed by atoms with Gasteiger partial charge in [0, 0.05) is 17.4 Å². The Morgan fingerprint density at radius 1 is 1.27 bits per heavy atom. The Morgan fingerprint density at radius 2 is 1.86 bits per heavy atom. The number of hydrogen-bond acceptors (Lipinski definition) is 3. The molecule has 2 rings (SSSR count). The van der Waals surface area contributed by atoms with Gasteiger partial charge in [-0.15, -0.1) is 3.89 Å². The molecule has 0 aromatic heterocycles.